The van der Waals surface area contributed by atoms with Crippen molar-refractivity contribution in [3.63, 3.8) is 0 Å². The molecule has 2 heterocycles. The number of carbonyl (C=O) groups excluding carboxylic acids is 2. The summed E-state index contributed by atoms with van der Waals surface area (Å²) in [5.74, 6) is 0.393. The Hall–Kier alpha value is -2.38. The number of pyridine rings is 1. The summed E-state index contributed by atoms with van der Waals surface area (Å²) >= 11 is 3.02. The number of benzene rings is 1. The first-order valence-electron chi connectivity index (χ1n) is 9.52. The quantitative estimate of drug-likeness (QED) is 0.404. The highest BCUT2D eigenvalue weighted by atomic mass is 32.2. The maximum Gasteiger partial charge on any atom is 0.350 e. The van der Waals surface area contributed by atoms with Crippen molar-refractivity contribution < 1.29 is 14.3 Å². The molecule has 0 bridgehead atoms. The highest BCUT2D eigenvalue weighted by Crippen LogP contribution is 2.37. The number of aromatic nitrogens is 1. The molecule has 5 nitrogen and oxygen atoms in total. The van der Waals surface area contributed by atoms with E-state index in [4.69, 9.17) is 4.74 Å². The van der Waals surface area contributed by atoms with Crippen molar-refractivity contribution in [1.29, 1.82) is 0 Å². The van der Waals surface area contributed by atoms with E-state index in [9.17, 15) is 9.59 Å². The lowest BCUT2D eigenvalue weighted by atomic mass is 10.1. The first-order valence-corrected chi connectivity index (χ1v) is 11.3. The molecule has 29 heavy (non-hydrogen) atoms. The summed E-state index contributed by atoms with van der Waals surface area (Å²) < 4.78 is 5.19. The SMILES string of the molecule is CCOC(=O)c1sc2nc(C)cc(C)c2c1NC(=O)Cc1ccc(SCC)cc1. The first kappa shape index (κ1) is 21.3. The van der Waals surface area contributed by atoms with Gasteiger partial charge >= 0.3 is 5.97 Å². The van der Waals surface area contributed by atoms with Crippen LogP contribution in [0.5, 0.6) is 0 Å². The van der Waals surface area contributed by atoms with Crippen molar-refractivity contribution in [3.8, 4) is 0 Å². The van der Waals surface area contributed by atoms with Crippen LogP contribution in [0.1, 0.15) is 40.3 Å². The molecular formula is C22H24N2O3S2. The van der Waals surface area contributed by atoms with Gasteiger partial charge in [-0.1, -0.05) is 19.1 Å². The number of fused-ring (bicyclic) bond motifs is 1. The molecule has 152 valence electrons. The lowest BCUT2D eigenvalue weighted by molar-refractivity contribution is -0.115. The monoisotopic (exact) mass is 428 g/mol. The summed E-state index contributed by atoms with van der Waals surface area (Å²) in [5.41, 5.74) is 3.26. The maximum atomic E-state index is 12.8. The van der Waals surface area contributed by atoms with Gasteiger partial charge in [0.2, 0.25) is 5.91 Å². The van der Waals surface area contributed by atoms with Crippen LogP contribution in [-0.2, 0) is 16.0 Å². The number of nitrogens with zero attached hydrogens (tertiary/aromatic N) is 1. The third-order valence-electron chi connectivity index (χ3n) is 4.31. The van der Waals surface area contributed by atoms with E-state index in [2.05, 4.69) is 17.2 Å². The van der Waals surface area contributed by atoms with Crippen molar-refractivity contribution in [2.24, 2.45) is 0 Å². The van der Waals surface area contributed by atoms with E-state index < -0.39 is 5.97 Å². The van der Waals surface area contributed by atoms with Crippen molar-refractivity contribution in [3.05, 3.63) is 52.0 Å². The molecule has 0 saturated heterocycles. The number of hydrogen-bond acceptors (Lipinski definition) is 6. The Morgan fingerprint density at radius 2 is 1.90 bits per heavy atom. The minimum Gasteiger partial charge on any atom is -0.462 e. The average Bonchev–Trinajstić information content (AvgIpc) is 3.02. The summed E-state index contributed by atoms with van der Waals surface area (Å²) in [7, 11) is 0. The van der Waals surface area contributed by atoms with Gasteiger partial charge in [0.05, 0.1) is 18.7 Å². The van der Waals surface area contributed by atoms with Gasteiger partial charge in [0.15, 0.2) is 0 Å². The van der Waals surface area contributed by atoms with Crippen LogP contribution in [0, 0.1) is 13.8 Å². The minimum atomic E-state index is -0.441. The van der Waals surface area contributed by atoms with Crippen LogP contribution in [0.15, 0.2) is 35.2 Å². The van der Waals surface area contributed by atoms with Crippen molar-refractivity contribution in [2.45, 2.75) is 39.0 Å². The highest BCUT2D eigenvalue weighted by Gasteiger charge is 2.23. The summed E-state index contributed by atoms with van der Waals surface area (Å²) in [6.45, 7) is 8.01. The smallest absolute Gasteiger partial charge is 0.350 e. The first-order chi connectivity index (χ1) is 13.9. The molecule has 0 fully saturated rings. The number of ether oxygens (including phenoxy) is 1. The second kappa shape index (κ2) is 9.41. The Balaban J connectivity index is 1.90. The molecule has 0 aliphatic heterocycles. The second-order valence-electron chi connectivity index (χ2n) is 6.59. The van der Waals surface area contributed by atoms with Crippen LogP contribution in [-0.4, -0.2) is 29.2 Å². The number of carbonyl (C=O) groups is 2. The Bertz CT molecular complexity index is 1040. The average molecular weight is 429 g/mol. The van der Waals surface area contributed by atoms with Crippen molar-refractivity contribution >= 4 is 50.9 Å². The Kier molecular flexibility index (Phi) is 6.92. The maximum absolute atomic E-state index is 12.8. The van der Waals surface area contributed by atoms with E-state index >= 15 is 0 Å². The molecular weight excluding hydrogens is 404 g/mol. The summed E-state index contributed by atoms with van der Waals surface area (Å²) in [6, 6.07) is 9.93. The van der Waals surface area contributed by atoms with Gasteiger partial charge in [-0.05, 0) is 55.9 Å². The predicted octanol–water partition coefficient (Wildman–Crippen LogP) is 5.38. The number of rotatable bonds is 7. The fourth-order valence-corrected chi connectivity index (χ4v) is 4.95. The van der Waals surface area contributed by atoms with Crippen LogP contribution >= 0.6 is 23.1 Å². The number of esters is 1. The van der Waals surface area contributed by atoms with Gasteiger partial charge in [-0.2, -0.15) is 0 Å². The number of aryl methyl sites for hydroxylation is 2. The molecule has 0 radical (unpaired) electrons. The summed E-state index contributed by atoms with van der Waals surface area (Å²) in [4.78, 5) is 32.1. The topological polar surface area (TPSA) is 68.3 Å². The molecule has 3 aromatic rings. The van der Waals surface area contributed by atoms with E-state index in [0.29, 0.717) is 10.6 Å². The standard InChI is InChI=1S/C22H24N2O3S2/c1-5-27-22(26)20-19(18-13(3)11-14(4)23-21(18)29-20)24-17(25)12-15-7-9-16(10-8-15)28-6-2/h7-11H,5-6,12H2,1-4H3,(H,24,25). The van der Waals surface area contributed by atoms with Gasteiger partial charge < -0.3 is 10.1 Å². The largest absolute Gasteiger partial charge is 0.462 e. The normalized spacial score (nSPS) is 10.9. The van der Waals surface area contributed by atoms with E-state index in [0.717, 1.165) is 32.8 Å². The number of hydrogen-bond donors (Lipinski definition) is 1. The fraction of sp³-hybridized carbons (Fsp3) is 0.318. The predicted molar refractivity (Wildman–Crippen MR) is 120 cm³/mol. The van der Waals surface area contributed by atoms with Crippen LogP contribution in [0.4, 0.5) is 5.69 Å². The number of anilines is 1. The molecule has 1 amide bonds. The van der Waals surface area contributed by atoms with E-state index in [-0.39, 0.29) is 18.9 Å². The molecule has 0 aliphatic rings. The van der Waals surface area contributed by atoms with Gasteiger partial charge in [0.25, 0.3) is 0 Å². The van der Waals surface area contributed by atoms with Crippen LogP contribution in [0.3, 0.4) is 0 Å². The zero-order valence-corrected chi connectivity index (χ0v) is 18.6. The molecule has 0 saturated carbocycles. The zero-order chi connectivity index (χ0) is 21.0. The van der Waals surface area contributed by atoms with Crippen molar-refractivity contribution in [1.82, 2.24) is 4.98 Å². The van der Waals surface area contributed by atoms with E-state index in [1.165, 1.54) is 16.2 Å². The van der Waals surface area contributed by atoms with Gasteiger partial charge in [0.1, 0.15) is 9.71 Å². The molecule has 3 rings (SSSR count). The zero-order valence-electron chi connectivity index (χ0n) is 17.0. The second-order valence-corrected chi connectivity index (χ2v) is 8.93. The fourth-order valence-electron chi connectivity index (χ4n) is 3.14. The molecule has 0 spiro atoms. The molecule has 0 aliphatic carbocycles. The molecule has 0 unspecified atom stereocenters. The molecule has 0 atom stereocenters. The molecule has 2 aromatic heterocycles. The number of nitrogens with one attached hydrogen (secondary N) is 1. The van der Waals surface area contributed by atoms with Crippen molar-refractivity contribution in [2.75, 3.05) is 17.7 Å². The number of thioether (sulfide) groups is 1. The van der Waals surface area contributed by atoms with Crippen LogP contribution < -0.4 is 5.32 Å². The van der Waals surface area contributed by atoms with Gasteiger partial charge in [0, 0.05) is 16.0 Å². The van der Waals surface area contributed by atoms with Gasteiger partial charge in [-0.3, -0.25) is 4.79 Å². The highest BCUT2D eigenvalue weighted by molar-refractivity contribution is 7.99. The lowest BCUT2D eigenvalue weighted by Crippen LogP contribution is -2.16. The number of amides is 1. The van der Waals surface area contributed by atoms with E-state index in [1.54, 1.807) is 18.7 Å². The third kappa shape index (κ3) is 4.97. The third-order valence-corrected chi connectivity index (χ3v) is 6.27. The van der Waals surface area contributed by atoms with Crippen LogP contribution in [0.25, 0.3) is 10.2 Å². The molecule has 1 aromatic carbocycles. The number of thiophene rings is 1. The van der Waals surface area contributed by atoms with Gasteiger partial charge in [-0.25, -0.2) is 9.78 Å². The Morgan fingerprint density at radius 1 is 1.17 bits per heavy atom. The Labute approximate surface area is 178 Å². The summed E-state index contributed by atoms with van der Waals surface area (Å²) in [6.07, 6.45) is 0.231. The van der Waals surface area contributed by atoms with Gasteiger partial charge in [-0.15, -0.1) is 23.1 Å². The summed E-state index contributed by atoms with van der Waals surface area (Å²) in [5, 5.41) is 3.74. The Morgan fingerprint density at radius 3 is 2.55 bits per heavy atom. The lowest BCUT2D eigenvalue weighted by Gasteiger charge is -2.09. The van der Waals surface area contributed by atoms with E-state index in [1.807, 2.05) is 44.2 Å². The molecule has 7 heteroatoms. The molecule has 1 N–H and O–H groups in total. The minimum absolute atomic E-state index is 0.175. The van der Waals surface area contributed by atoms with Crippen LogP contribution in [0.2, 0.25) is 0 Å².